The summed E-state index contributed by atoms with van der Waals surface area (Å²) in [7, 11) is 0. The van der Waals surface area contributed by atoms with Crippen LogP contribution >= 0.6 is 23.4 Å². The van der Waals surface area contributed by atoms with Crippen LogP contribution in [-0.2, 0) is 9.53 Å². The Morgan fingerprint density at radius 2 is 2.26 bits per heavy atom. The van der Waals surface area contributed by atoms with Crippen molar-refractivity contribution < 1.29 is 9.53 Å². The number of ether oxygens (including phenoxy) is 1. The molecule has 4 heteroatoms. The fourth-order valence-electron chi connectivity index (χ4n) is 2.19. The summed E-state index contributed by atoms with van der Waals surface area (Å²) in [6.45, 7) is 0.890. The zero-order valence-corrected chi connectivity index (χ0v) is 12.5. The summed E-state index contributed by atoms with van der Waals surface area (Å²) in [5.74, 6) is 0.804. The van der Waals surface area contributed by atoms with E-state index in [0.29, 0.717) is 24.1 Å². The summed E-state index contributed by atoms with van der Waals surface area (Å²) in [4.78, 5) is 12.8. The van der Waals surface area contributed by atoms with Crippen molar-refractivity contribution in [2.24, 2.45) is 0 Å². The normalized spacial score (nSPS) is 18.7. The number of rotatable bonds is 7. The van der Waals surface area contributed by atoms with Crippen LogP contribution in [0.1, 0.15) is 32.1 Å². The lowest BCUT2D eigenvalue weighted by atomic mass is 10.1. The molecule has 1 aromatic carbocycles. The first-order valence-corrected chi connectivity index (χ1v) is 8.12. The van der Waals surface area contributed by atoms with Crippen molar-refractivity contribution in [2.75, 3.05) is 12.4 Å². The number of halogens is 1. The second-order valence-electron chi connectivity index (χ2n) is 4.79. The highest BCUT2D eigenvalue weighted by atomic mass is 35.5. The van der Waals surface area contributed by atoms with Crippen molar-refractivity contribution in [3.05, 3.63) is 29.3 Å². The van der Waals surface area contributed by atoms with Gasteiger partial charge in [-0.25, -0.2) is 0 Å². The maximum Gasteiger partial charge on any atom is 0.143 e. The highest BCUT2D eigenvalue weighted by Gasteiger charge is 2.15. The number of Topliss-reactive ketones (excluding diaryl/α,β-unsaturated/α-hetero) is 1. The third-order valence-corrected chi connectivity index (χ3v) is 4.81. The predicted molar refractivity (Wildman–Crippen MR) is 80.0 cm³/mol. The smallest absolute Gasteiger partial charge is 0.143 e. The van der Waals surface area contributed by atoms with E-state index in [1.807, 2.05) is 24.3 Å². The Balaban J connectivity index is 1.63. The van der Waals surface area contributed by atoms with Gasteiger partial charge in [0.15, 0.2) is 0 Å². The number of ketones is 1. The largest absolute Gasteiger partial charge is 0.378 e. The van der Waals surface area contributed by atoms with Crippen LogP contribution in [0, 0.1) is 0 Å². The van der Waals surface area contributed by atoms with Gasteiger partial charge in [0.1, 0.15) is 5.78 Å². The first kappa shape index (κ1) is 14.9. The van der Waals surface area contributed by atoms with Gasteiger partial charge in [0.2, 0.25) is 0 Å². The van der Waals surface area contributed by atoms with E-state index in [1.165, 1.54) is 18.2 Å². The van der Waals surface area contributed by atoms with Crippen LogP contribution in [0.4, 0.5) is 0 Å². The van der Waals surface area contributed by atoms with Crippen molar-refractivity contribution in [3.63, 3.8) is 0 Å². The average molecular weight is 299 g/mol. The molecule has 1 aliphatic heterocycles. The van der Waals surface area contributed by atoms with Gasteiger partial charge in [0, 0.05) is 17.9 Å². The standard InChI is InChI=1S/C15H19ClO2S/c16-14-8-1-2-9-15(14)19-11-12(17)5-3-6-13-7-4-10-18-13/h1-2,8-9,13H,3-7,10-11H2. The van der Waals surface area contributed by atoms with Crippen molar-refractivity contribution >= 4 is 29.1 Å². The maximum absolute atomic E-state index is 11.8. The molecule has 0 amide bonds. The Morgan fingerprint density at radius 3 is 3.00 bits per heavy atom. The molecule has 19 heavy (non-hydrogen) atoms. The molecule has 0 radical (unpaired) electrons. The van der Waals surface area contributed by atoms with Gasteiger partial charge in [0.05, 0.1) is 16.9 Å². The van der Waals surface area contributed by atoms with Crippen LogP contribution in [0.25, 0.3) is 0 Å². The molecule has 0 N–H and O–H groups in total. The van der Waals surface area contributed by atoms with Crippen LogP contribution in [-0.4, -0.2) is 24.2 Å². The van der Waals surface area contributed by atoms with Gasteiger partial charge in [-0.3, -0.25) is 4.79 Å². The summed E-state index contributed by atoms with van der Waals surface area (Å²) in [5.41, 5.74) is 0. The number of hydrogen-bond acceptors (Lipinski definition) is 3. The predicted octanol–water partition coefficient (Wildman–Crippen LogP) is 4.35. The summed E-state index contributed by atoms with van der Waals surface area (Å²) in [6, 6.07) is 7.64. The van der Waals surface area contributed by atoms with E-state index >= 15 is 0 Å². The molecular formula is C15H19ClO2S. The van der Waals surface area contributed by atoms with Gasteiger partial charge in [-0.15, -0.1) is 11.8 Å². The number of benzene rings is 1. The molecule has 2 rings (SSSR count). The van der Waals surface area contributed by atoms with E-state index in [-0.39, 0.29) is 0 Å². The van der Waals surface area contributed by atoms with Crippen molar-refractivity contribution in [2.45, 2.75) is 43.1 Å². The van der Waals surface area contributed by atoms with Crippen LogP contribution in [0.5, 0.6) is 0 Å². The minimum atomic E-state index is 0.294. The molecule has 1 fully saturated rings. The minimum absolute atomic E-state index is 0.294. The SMILES string of the molecule is O=C(CCCC1CCCO1)CSc1ccccc1Cl. The lowest BCUT2D eigenvalue weighted by Gasteiger charge is -2.08. The Hall–Kier alpha value is -0.510. The monoisotopic (exact) mass is 298 g/mol. The molecule has 1 saturated heterocycles. The third-order valence-electron chi connectivity index (χ3n) is 3.23. The van der Waals surface area contributed by atoms with Crippen LogP contribution in [0.2, 0.25) is 5.02 Å². The summed E-state index contributed by atoms with van der Waals surface area (Å²) >= 11 is 7.57. The average Bonchev–Trinajstić information content (AvgIpc) is 2.91. The summed E-state index contributed by atoms with van der Waals surface area (Å²) in [6.07, 6.45) is 5.32. The molecule has 0 aliphatic carbocycles. The molecule has 1 heterocycles. The topological polar surface area (TPSA) is 26.3 Å². The van der Waals surface area contributed by atoms with Gasteiger partial charge in [-0.1, -0.05) is 23.7 Å². The Kier molecular flexibility index (Phi) is 6.21. The molecule has 1 unspecified atom stereocenters. The molecule has 1 aliphatic rings. The molecule has 1 atom stereocenters. The van der Waals surface area contributed by atoms with Gasteiger partial charge in [-0.05, 0) is 37.8 Å². The van der Waals surface area contributed by atoms with E-state index < -0.39 is 0 Å². The van der Waals surface area contributed by atoms with Gasteiger partial charge in [-0.2, -0.15) is 0 Å². The van der Waals surface area contributed by atoms with Crippen LogP contribution in [0.15, 0.2) is 29.2 Å². The van der Waals surface area contributed by atoms with E-state index in [9.17, 15) is 4.79 Å². The Bertz CT molecular complexity index is 416. The maximum atomic E-state index is 11.8. The minimum Gasteiger partial charge on any atom is -0.378 e. The number of carbonyl (C=O) groups is 1. The van der Waals surface area contributed by atoms with E-state index in [2.05, 4.69) is 0 Å². The van der Waals surface area contributed by atoms with Crippen LogP contribution < -0.4 is 0 Å². The van der Waals surface area contributed by atoms with Crippen molar-refractivity contribution in [1.29, 1.82) is 0 Å². The zero-order valence-electron chi connectivity index (χ0n) is 10.9. The molecule has 0 saturated carbocycles. The second-order valence-corrected chi connectivity index (χ2v) is 6.21. The molecular weight excluding hydrogens is 280 g/mol. The van der Waals surface area contributed by atoms with E-state index in [0.717, 1.165) is 35.8 Å². The van der Waals surface area contributed by atoms with E-state index in [1.54, 1.807) is 0 Å². The first-order valence-electron chi connectivity index (χ1n) is 6.76. The number of carbonyl (C=O) groups excluding carboxylic acids is 1. The highest BCUT2D eigenvalue weighted by molar-refractivity contribution is 8.00. The molecule has 104 valence electrons. The molecule has 0 bridgehead atoms. The van der Waals surface area contributed by atoms with Gasteiger partial charge < -0.3 is 4.74 Å². The van der Waals surface area contributed by atoms with Gasteiger partial charge >= 0.3 is 0 Å². The van der Waals surface area contributed by atoms with Crippen molar-refractivity contribution in [3.8, 4) is 0 Å². The molecule has 1 aromatic rings. The lowest BCUT2D eigenvalue weighted by Crippen LogP contribution is -2.07. The van der Waals surface area contributed by atoms with Crippen molar-refractivity contribution in [1.82, 2.24) is 0 Å². The highest BCUT2D eigenvalue weighted by Crippen LogP contribution is 2.27. The first-order chi connectivity index (χ1) is 9.25. The quantitative estimate of drug-likeness (QED) is 0.700. The Morgan fingerprint density at radius 1 is 1.42 bits per heavy atom. The summed E-state index contributed by atoms with van der Waals surface area (Å²) < 4.78 is 5.55. The van der Waals surface area contributed by atoms with Crippen LogP contribution in [0.3, 0.4) is 0 Å². The third kappa shape index (κ3) is 5.17. The Labute approximate surface area is 123 Å². The fraction of sp³-hybridized carbons (Fsp3) is 0.533. The number of hydrogen-bond donors (Lipinski definition) is 0. The van der Waals surface area contributed by atoms with E-state index in [4.69, 9.17) is 16.3 Å². The van der Waals surface area contributed by atoms with Gasteiger partial charge in [0.25, 0.3) is 0 Å². The zero-order chi connectivity index (χ0) is 13.5. The summed E-state index contributed by atoms with van der Waals surface area (Å²) in [5, 5.41) is 0.722. The molecule has 0 aromatic heterocycles. The number of thioether (sulfide) groups is 1. The fourth-order valence-corrected chi connectivity index (χ4v) is 3.33. The lowest BCUT2D eigenvalue weighted by molar-refractivity contribution is -0.116. The second kappa shape index (κ2) is 7.93. The molecule has 2 nitrogen and oxygen atoms in total. The molecule has 0 spiro atoms.